The summed E-state index contributed by atoms with van der Waals surface area (Å²) in [5, 5.41) is 5.58. The van der Waals surface area contributed by atoms with Gasteiger partial charge in [-0.3, -0.25) is 0 Å². The summed E-state index contributed by atoms with van der Waals surface area (Å²) in [5.41, 5.74) is 0.871. The molecule has 1 aromatic heterocycles. The molecule has 108 valence electrons. The van der Waals surface area contributed by atoms with E-state index in [1.165, 1.54) is 11.3 Å². The van der Waals surface area contributed by atoms with Crippen LogP contribution in [0.25, 0.3) is 0 Å². The zero-order valence-corrected chi connectivity index (χ0v) is 13.0. The molecule has 0 bridgehead atoms. The predicted octanol–water partition coefficient (Wildman–Crippen LogP) is 2.61. The number of thiazole rings is 1. The summed E-state index contributed by atoms with van der Waals surface area (Å²) in [5.74, 6) is 0. The monoisotopic (exact) mass is 311 g/mol. The fraction of sp³-hybridized carbons (Fsp3) is 0.308. The molecular weight excluding hydrogens is 294 g/mol. The van der Waals surface area contributed by atoms with Crippen molar-refractivity contribution in [3.63, 3.8) is 0 Å². The second-order valence-corrected chi connectivity index (χ2v) is 6.87. The Morgan fingerprint density at radius 1 is 1.30 bits per heavy atom. The molecule has 2 rings (SSSR count). The highest BCUT2D eigenvalue weighted by molar-refractivity contribution is 7.89. The van der Waals surface area contributed by atoms with Gasteiger partial charge in [0.1, 0.15) is 5.01 Å². The van der Waals surface area contributed by atoms with Gasteiger partial charge in [0, 0.05) is 24.3 Å². The van der Waals surface area contributed by atoms with Gasteiger partial charge >= 0.3 is 0 Å². The lowest BCUT2D eigenvalue weighted by molar-refractivity contribution is 0.549. The number of nitrogens with zero attached hydrogens (tertiary/aromatic N) is 1. The van der Waals surface area contributed by atoms with Crippen molar-refractivity contribution in [1.29, 1.82) is 0 Å². The van der Waals surface area contributed by atoms with Crippen LogP contribution in [0.4, 0.5) is 5.69 Å². The van der Waals surface area contributed by atoms with Crippen LogP contribution < -0.4 is 10.0 Å². The van der Waals surface area contributed by atoms with Crippen LogP contribution in [0.5, 0.6) is 0 Å². The fourth-order valence-electron chi connectivity index (χ4n) is 1.77. The standard InChI is InChI=1S/C13H17N3O2S2/c1-3-12(13-15-8-9-19-13)16-20(17,18)11-6-4-10(14-2)5-7-11/h4-9,12,14,16H,3H2,1-2H3. The maximum Gasteiger partial charge on any atom is 0.241 e. The van der Waals surface area contributed by atoms with Gasteiger partial charge in [0.25, 0.3) is 0 Å². The van der Waals surface area contributed by atoms with Gasteiger partial charge in [-0.15, -0.1) is 11.3 Å². The van der Waals surface area contributed by atoms with E-state index in [2.05, 4.69) is 15.0 Å². The number of nitrogens with one attached hydrogen (secondary N) is 2. The topological polar surface area (TPSA) is 71.1 Å². The zero-order valence-electron chi connectivity index (χ0n) is 11.3. The summed E-state index contributed by atoms with van der Waals surface area (Å²) in [6.45, 7) is 1.93. The summed E-state index contributed by atoms with van der Waals surface area (Å²) in [4.78, 5) is 4.43. The van der Waals surface area contributed by atoms with Gasteiger partial charge in [0.05, 0.1) is 10.9 Å². The Morgan fingerprint density at radius 3 is 2.50 bits per heavy atom. The van der Waals surface area contributed by atoms with Crippen LogP contribution >= 0.6 is 11.3 Å². The molecule has 20 heavy (non-hydrogen) atoms. The number of hydrogen-bond donors (Lipinski definition) is 2. The molecule has 1 atom stereocenters. The zero-order chi connectivity index (χ0) is 14.6. The van der Waals surface area contributed by atoms with E-state index in [1.807, 2.05) is 12.3 Å². The molecule has 2 N–H and O–H groups in total. The molecule has 0 radical (unpaired) electrons. The van der Waals surface area contributed by atoms with Crippen LogP contribution in [0, 0.1) is 0 Å². The van der Waals surface area contributed by atoms with Crippen LogP contribution in [0.1, 0.15) is 24.4 Å². The van der Waals surface area contributed by atoms with E-state index < -0.39 is 10.0 Å². The lowest BCUT2D eigenvalue weighted by Crippen LogP contribution is -2.28. The number of rotatable bonds is 6. The largest absolute Gasteiger partial charge is 0.388 e. The third-order valence-corrected chi connectivity index (χ3v) is 5.29. The average molecular weight is 311 g/mol. The number of hydrogen-bond acceptors (Lipinski definition) is 5. The van der Waals surface area contributed by atoms with Crippen molar-refractivity contribution in [3.8, 4) is 0 Å². The molecule has 1 aromatic carbocycles. The van der Waals surface area contributed by atoms with Crippen molar-refractivity contribution in [2.75, 3.05) is 12.4 Å². The molecule has 2 aromatic rings. The van der Waals surface area contributed by atoms with Crippen LogP contribution in [0.2, 0.25) is 0 Å². The first kappa shape index (κ1) is 15.0. The van der Waals surface area contributed by atoms with Crippen LogP contribution in [0.15, 0.2) is 40.7 Å². The van der Waals surface area contributed by atoms with E-state index in [4.69, 9.17) is 0 Å². The van der Waals surface area contributed by atoms with E-state index in [0.29, 0.717) is 6.42 Å². The van der Waals surface area contributed by atoms with Gasteiger partial charge in [-0.05, 0) is 30.7 Å². The molecule has 0 saturated heterocycles. The third-order valence-electron chi connectivity index (χ3n) is 2.91. The first-order valence-corrected chi connectivity index (χ1v) is 8.62. The van der Waals surface area contributed by atoms with Gasteiger partial charge in [-0.2, -0.15) is 0 Å². The summed E-state index contributed by atoms with van der Waals surface area (Å²) in [7, 11) is -1.74. The first-order chi connectivity index (χ1) is 9.56. The van der Waals surface area contributed by atoms with Crippen molar-refractivity contribution in [3.05, 3.63) is 40.8 Å². The van der Waals surface area contributed by atoms with Gasteiger partial charge < -0.3 is 5.32 Å². The lowest BCUT2D eigenvalue weighted by atomic mass is 10.3. The highest BCUT2D eigenvalue weighted by Gasteiger charge is 2.21. The minimum Gasteiger partial charge on any atom is -0.388 e. The normalized spacial score (nSPS) is 13.1. The number of anilines is 1. The average Bonchev–Trinajstić information content (AvgIpc) is 2.99. The maximum absolute atomic E-state index is 12.3. The highest BCUT2D eigenvalue weighted by atomic mass is 32.2. The van der Waals surface area contributed by atoms with Crippen molar-refractivity contribution >= 4 is 27.0 Å². The summed E-state index contributed by atoms with van der Waals surface area (Å²) < 4.78 is 27.4. The Morgan fingerprint density at radius 2 is 2.00 bits per heavy atom. The summed E-state index contributed by atoms with van der Waals surface area (Å²) >= 11 is 1.45. The maximum atomic E-state index is 12.3. The summed E-state index contributed by atoms with van der Waals surface area (Å²) in [6, 6.07) is 6.35. The van der Waals surface area contributed by atoms with Crippen molar-refractivity contribution < 1.29 is 8.42 Å². The van der Waals surface area contributed by atoms with Crippen molar-refractivity contribution in [2.45, 2.75) is 24.3 Å². The molecule has 5 nitrogen and oxygen atoms in total. The Balaban J connectivity index is 2.21. The molecule has 0 amide bonds. The van der Waals surface area contributed by atoms with Crippen molar-refractivity contribution in [1.82, 2.24) is 9.71 Å². The molecule has 0 aliphatic rings. The SMILES string of the molecule is CCC(NS(=O)(=O)c1ccc(NC)cc1)c1nccs1. The summed E-state index contributed by atoms with van der Waals surface area (Å²) in [6.07, 6.45) is 2.33. The quantitative estimate of drug-likeness (QED) is 0.860. The van der Waals surface area contributed by atoms with Gasteiger partial charge in [0.2, 0.25) is 10.0 Å². The Labute approximate surface area is 123 Å². The second kappa shape index (κ2) is 6.34. The molecular formula is C13H17N3O2S2. The van der Waals surface area contributed by atoms with E-state index in [-0.39, 0.29) is 10.9 Å². The number of benzene rings is 1. The molecule has 0 aliphatic carbocycles. The molecule has 0 aliphatic heterocycles. The molecule has 1 heterocycles. The first-order valence-electron chi connectivity index (χ1n) is 6.26. The van der Waals surface area contributed by atoms with Crippen LogP contribution in [-0.2, 0) is 10.0 Å². The van der Waals surface area contributed by atoms with E-state index in [0.717, 1.165) is 10.7 Å². The minimum absolute atomic E-state index is 0.256. The molecule has 7 heteroatoms. The third kappa shape index (κ3) is 3.36. The molecule has 0 saturated carbocycles. The van der Waals surface area contributed by atoms with Crippen LogP contribution in [-0.4, -0.2) is 20.4 Å². The second-order valence-electron chi connectivity index (χ2n) is 4.23. The van der Waals surface area contributed by atoms with Gasteiger partial charge in [-0.1, -0.05) is 6.92 Å². The molecule has 0 spiro atoms. The van der Waals surface area contributed by atoms with Crippen molar-refractivity contribution in [2.24, 2.45) is 0 Å². The predicted molar refractivity (Wildman–Crippen MR) is 81.5 cm³/mol. The van der Waals surface area contributed by atoms with Gasteiger partial charge in [-0.25, -0.2) is 18.1 Å². The Kier molecular flexibility index (Phi) is 4.74. The Bertz CT molecular complexity index is 637. The van der Waals surface area contributed by atoms with E-state index in [1.54, 1.807) is 37.5 Å². The van der Waals surface area contributed by atoms with E-state index >= 15 is 0 Å². The highest BCUT2D eigenvalue weighted by Crippen LogP contribution is 2.22. The minimum atomic E-state index is -3.53. The molecule has 1 unspecified atom stereocenters. The van der Waals surface area contributed by atoms with Crippen LogP contribution in [0.3, 0.4) is 0 Å². The lowest BCUT2D eigenvalue weighted by Gasteiger charge is -2.15. The van der Waals surface area contributed by atoms with E-state index in [9.17, 15) is 8.42 Å². The van der Waals surface area contributed by atoms with Gasteiger partial charge in [0.15, 0.2) is 0 Å². The smallest absolute Gasteiger partial charge is 0.241 e. The number of aromatic nitrogens is 1. The number of sulfonamides is 1. The fourth-order valence-corrected chi connectivity index (χ4v) is 3.90. The molecule has 0 fully saturated rings. The Hall–Kier alpha value is -1.44.